The number of rotatable bonds is 6. The monoisotopic (exact) mass is 394 g/mol. The molecule has 7 nitrogen and oxygen atoms in total. The predicted molar refractivity (Wildman–Crippen MR) is 111 cm³/mol. The molecule has 29 heavy (non-hydrogen) atoms. The molecule has 4 rings (SSSR count). The van der Waals surface area contributed by atoms with E-state index >= 15 is 0 Å². The van der Waals surface area contributed by atoms with Crippen LogP contribution in [0.4, 0.5) is 16.3 Å². The third kappa shape index (κ3) is 4.34. The number of amides is 3. The molecule has 3 amide bonds. The number of methoxy groups -OCH3 is 1. The van der Waals surface area contributed by atoms with Crippen LogP contribution >= 0.6 is 0 Å². The highest BCUT2D eigenvalue weighted by Gasteiger charge is 2.36. The highest BCUT2D eigenvalue weighted by Crippen LogP contribution is 2.28. The van der Waals surface area contributed by atoms with E-state index in [0.717, 1.165) is 30.7 Å². The number of hydrogen-bond donors (Lipinski definition) is 1. The van der Waals surface area contributed by atoms with Gasteiger partial charge in [0.2, 0.25) is 5.91 Å². The highest BCUT2D eigenvalue weighted by atomic mass is 16.5. The van der Waals surface area contributed by atoms with Crippen molar-refractivity contribution in [3.05, 3.63) is 48.2 Å². The van der Waals surface area contributed by atoms with E-state index in [1.54, 1.807) is 30.3 Å². The largest absolute Gasteiger partial charge is 0.497 e. The van der Waals surface area contributed by atoms with Gasteiger partial charge in [-0.15, -0.1) is 0 Å². The van der Waals surface area contributed by atoms with E-state index in [1.807, 2.05) is 29.2 Å². The zero-order valence-electron chi connectivity index (χ0n) is 16.6. The maximum atomic E-state index is 12.7. The Balaban J connectivity index is 1.35. The Morgan fingerprint density at radius 1 is 1.21 bits per heavy atom. The van der Waals surface area contributed by atoms with E-state index in [9.17, 15) is 9.59 Å². The number of aromatic nitrogens is 1. The van der Waals surface area contributed by atoms with Gasteiger partial charge in [0.15, 0.2) is 0 Å². The van der Waals surface area contributed by atoms with Gasteiger partial charge in [0.05, 0.1) is 25.4 Å². The SMILES string of the molecule is COc1cccc(CC(=O)Nc2ccc(N3CCN(C4CCCC4)C3=O)nc2)c1. The fourth-order valence-corrected chi connectivity index (χ4v) is 4.11. The lowest BCUT2D eigenvalue weighted by atomic mass is 10.1. The molecule has 1 aliphatic heterocycles. The van der Waals surface area contributed by atoms with Gasteiger partial charge in [-0.1, -0.05) is 25.0 Å². The van der Waals surface area contributed by atoms with E-state index < -0.39 is 0 Å². The number of urea groups is 1. The molecule has 1 saturated heterocycles. The first-order valence-corrected chi connectivity index (χ1v) is 10.1. The third-order valence-electron chi connectivity index (χ3n) is 5.61. The predicted octanol–water partition coefficient (Wildman–Crippen LogP) is 3.46. The smallest absolute Gasteiger partial charge is 0.326 e. The van der Waals surface area contributed by atoms with E-state index in [-0.39, 0.29) is 18.4 Å². The number of nitrogens with one attached hydrogen (secondary N) is 1. The standard InChI is InChI=1S/C22H26N4O3/c1-29-19-8-4-5-16(13-19)14-21(27)24-17-9-10-20(23-15-17)26-12-11-25(22(26)28)18-6-2-3-7-18/h4-5,8-10,13,15,18H,2-3,6-7,11-12,14H2,1H3,(H,24,27). The summed E-state index contributed by atoms with van der Waals surface area (Å²) < 4.78 is 5.19. The van der Waals surface area contributed by atoms with Gasteiger partial charge in [-0.3, -0.25) is 9.69 Å². The number of carbonyl (C=O) groups excluding carboxylic acids is 2. The van der Waals surface area contributed by atoms with Crippen LogP contribution in [0.2, 0.25) is 0 Å². The molecule has 1 aromatic carbocycles. The molecule has 1 aromatic heterocycles. The van der Waals surface area contributed by atoms with Crippen LogP contribution in [0, 0.1) is 0 Å². The summed E-state index contributed by atoms with van der Waals surface area (Å²) in [4.78, 5) is 33.2. The van der Waals surface area contributed by atoms with Crippen LogP contribution in [0.15, 0.2) is 42.6 Å². The minimum absolute atomic E-state index is 0.0409. The van der Waals surface area contributed by atoms with Crippen molar-refractivity contribution in [1.29, 1.82) is 0 Å². The molecule has 1 saturated carbocycles. The summed E-state index contributed by atoms with van der Waals surface area (Å²) in [5.41, 5.74) is 1.49. The van der Waals surface area contributed by atoms with Crippen LogP contribution < -0.4 is 15.0 Å². The average molecular weight is 394 g/mol. The summed E-state index contributed by atoms with van der Waals surface area (Å²) in [5.74, 6) is 1.22. The lowest BCUT2D eigenvalue weighted by Gasteiger charge is -2.23. The van der Waals surface area contributed by atoms with Crippen molar-refractivity contribution in [2.45, 2.75) is 38.1 Å². The average Bonchev–Trinajstić information content (AvgIpc) is 3.38. The van der Waals surface area contributed by atoms with Crippen LogP contribution in [-0.4, -0.2) is 48.1 Å². The summed E-state index contributed by atoms with van der Waals surface area (Å²) in [6, 6.07) is 11.4. The van der Waals surface area contributed by atoms with Crippen molar-refractivity contribution in [2.75, 3.05) is 30.4 Å². The first-order valence-electron chi connectivity index (χ1n) is 10.1. The molecule has 0 radical (unpaired) electrons. The summed E-state index contributed by atoms with van der Waals surface area (Å²) in [7, 11) is 1.60. The van der Waals surface area contributed by atoms with Gasteiger partial charge in [-0.2, -0.15) is 0 Å². The van der Waals surface area contributed by atoms with E-state index in [4.69, 9.17) is 4.74 Å². The normalized spacial score (nSPS) is 17.1. The van der Waals surface area contributed by atoms with Crippen molar-refractivity contribution in [3.8, 4) is 5.75 Å². The zero-order chi connectivity index (χ0) is 20.2. The van der Waals surface area contributed by atoms with Gasteiger partial charge in [-0.25, -0.2) is 9.78 Å². The Morgan fingerprint density at radius 3 is 2.76 bits per heavy atom. The second-order valence-corrected chi connectivity index (χ2v) is 7.55. The second-order valence-electron chi connectivity index (χ2n) is 7.55. The third-order valence-corrected chi connectivity index (χ3v) is 5.61. The topological polar surface area (TPSA) is 74.8 Å². The van der Waals surface area contributed by atoms with Gasteiger partial charge >= 0.3 is 6.03 Å². The van der Waals surface area contributed by atoms with Crippen LogP contribution in [0.5, 0.6) is 5.75 Å². The van der Waals surface area contributed by atoms with E-state index in [2.05, 4.69) is 10.3 Å². The van der Waals surface area contributed by atoms with Crippen LogP contribution in [0.3, 0.4) is 0 Å². The molecule has 0 unspecified atom stereocenters. The molecule has 2 aliphatic rings. The Morgan fingerprint density at radius 2 is 2.03 bits per heavy atom. The van der Waals surface area contributed by atoms with E-state index in [1.165, 1.54) is 12.8 Å². The highest BCUT2D eigenvalue weighted by molar-refractivity contribution is 5.94. The Bertz CT molecular complexity index is 878. The maximum Gasteiger partial charge on any atom is 0.326 e. The molecular formula is C22H26N4O3. The molecule has 1 aliphatic carbocycles. The van der Waals surface area contributed by atoms with Crippen LogP contribution in [0.1, 0.15) is 31.2 Å². The van der Waals surface area contributed by atoms with Crippen molar-refractivity contribution in [3.63, 3.8) is 0 Å². The molecule has 0 spiro atoms. The number of pyridine rings is 1. The molecular weight excluding hydrogens is 368 g/mol. The summed E-state index contributed by atoms with van der Waals surface area (Å²) in [6.07, 6.45) is 6.47. The molecule has 0 bridgehead atoms. The summed E-state index contributed by atoms with van der Waals surface area (Å²) >= 11 is 0. The minimum Gasteiger partial charge on any atom is -0.497 e. The van der Waals surface area contributed by atoms with Crippen LogP contribution in [0.25, 0.3) is 0 Å². The first kappa shape index (κ1) is 19.2. The van der Waals surface area contributed by atoms with Gasteiger partial charge < -0.3 is 15.0 Å². The number of benzene rings is 1. The molecule has 2 fully saturated rings. The van der Waals surface area contributed by atoms with Gasteiger partial charge in [-0.05, 0) is 42.7 Å². The first-order chi connectivity index (χ1) is 14.1. The molecule has 2 heterocycles. The van der Waals surface area contributed by atoms with E-state index in [0.29, 0.717) is 24.1 Å². The number of anilines is 2. The molecule has 152 valence electrons. The molecule has 1 N–H and O–H groups in total. The Labute approximate surface area is 170 Å². The number of nitrogens with zero attached hydrogens (tertiary/aromatic N) is 3. The van der Waals surface area contributed by atoms with Gasteiger partial charge in [0, 0.05) is 19.1 Å². The Kier molecular flexibility index (Phi) is 5.64. The summed E-state index contributed by atoms with van der Waals surface area (Å²) in [6.45, 7) is 1.41. The fraction of sp³-hybridized carbons (Fsp3) is 0.409. The van der Waals surface area contributed by atoms with Crippen molar-refractivity contribution >= 4 is 23.4 Å². The van der Waals surface area contributed by atoms with Crippen LogP contribution in [-0.2, 0) is 11.2 Å². The van der Waals surface area contributed by atoms with Crippen molar-refractivity contribution in [1.82, 2.24) is 9.88 Å². The maximum absolute atomic E-state index is 12.7. The van der Waals surface area contributed by atoms with Crippen molar-refractivity contribution in [2.24, 2.45) is 0 Å². The lowest BCUT2D eigenvalue weighted by Crippen LogP contribution is -2.38. The molecule has 7 heteroatoms. The van der Waals surface area contributed by atoms with Crippen molar-refractivity contribution < 1.29 is 14.3 Å². The fourth-order valence-electron chi connectivity index (χ4n) is 4.11. The number of ether oxygens (including phenoxy) is 1. The summed E-state index contributed by atoms with van der Waals surface area (Å²) in [5, 5.41) is 2.85. The minimum atomic E-state index is -0.127. The Hall–Kier alpha value is -3.09. The molecule has 2 aromatic rings. The number of carbonyl (C=O) groups is 2. The second kappa shape index (κ2) is 8.51. The van der Waals surface area contributed by atoms with Gasteiger partial charge in [0.1, 0.15) is 11.6 Å². The van der Waals surface area contributed by atoms with Gasteiger partial charge in [0.25, 0.3) is 0 Å². The quantitative estimate of drug-likeness (QED) is 0.814. The molecule has 0 atom stereocenters. The zero-order valence-corrected chi connectivity index (χ0v) is 16.6. The lowest BCUT2D eigenvalue weighted by molar-refractivity contribution is -0.115. The number of hydrogen-bond acceptors (Lipinski definition) is 4.